The molecule has 0 aromatic heterocycles. The van der Waals surface area contributed by atoms with Crippen LogP contribution in [0.4, 0.5) is 5.69 Å². The van der Waals surface area contributed by atoms with Crippen molar-refractivity contribution in [2.24, 2.45) is 0 Å². The second-order valence-corrected chi connectivity index (χ2v) is 5.05. The topological polar surface area (TPSA) is 66.4 Å². The summed E-state index contributed by atoms with van der Waals surface area (Å²) in [5.41, 5.74) is 2.90. The Balaban J connectivity index is 2.20. The van der Waals surface area contributed by atoms with Crippen LogP contribution in [-0.4, -0.2) is 17.0 Å². The van der Waals surface area contributed by atoms with Crippen molar-refractivity contribution >= 4 is 23.6 Å². The number of nitrogens with one attached hydrogen (secondary N) is 1. The molecule has 0 unspecified atom stereocenters. The van der Waals surface area contributed by atoms with Gasteiger partial charge in [-0.05, 0) is 37.6 Å². The molecule has 2 rings (SSSR count). The minimum Gasteiger partial charge on any atom is -0.478 e. The van der Waals surface area contributed by atoms with Crippen molar-refractivity contribution in [3.05, 3.63) is 70.8 Å². The van der Waals surface area contributed by atoms with Crippen LogP contribution in [0.3, 0.4) is 0 Å². The number of hydrogen-bond donors (Lipinski definition) is 2. The van der Waals surface area contributed by atoms with Gasteiger partial charge in [-0.25, -0.2) is 4.79 Å². The maximum absolute atomic E-state index is 12.2. The van der Waals surface area contributed by atoms with Crippen LogP contribution in [0.5, 0.6) is 0 Å². The maximum atomic E-state index is 12.2. The predicted molar refractivity (Wildman–Crippen MR) is 86.9 cm³/mol. The van der Waals surface area contributed by atoms with Crippen molar-refractivity contribution in [1.29, 1.82) is 0 Å². The third-order valence-electron chi connectivity index (χ3n) is 3.19. The normalized spacial score (nSPS) is 11.1. The Morgan fingerprint density at radius 2 is 1.82 bits per heavy atom. The summed E-state index contributed by atoms with van der Waals surface area (Å²) in [5.74, 6) is -1.40. The second kappa shape index (κ2) is 6.72. The summed E-state index contributed by atoms with van der Waals surface area (Å²) in [6.45, 7) is 3.68. The van der Waals surface area contributed by atoms with Gasteiger partial charge in [0.05, 0.1) is 11.3 Å². The molecule has 2 aromatic rings. The number of carbonyl (C=O) groups excluding carboxylic acids is 1. The van der Waals surface area contributed by atoms with E-state index in [-0.39, 0.29) is 17.2 Å². The number of aromatic carboxylic acids is 1. The van der Waals surface area contributed by atoms with E-state index in [2.05, 4.69) is 5.32 Å². The maximum Gasteiger partial charge on any atom is 0.337 e. The number of para-hydroxylation sites is 1. The Bertz CT molecular complexity index is 748. The second-order valence-electron chi connectivity index (χ2n) is 5.05. The van der Waals surface area contributed by atoms with Crippen molar-refractivity contribution < 1.29 is 14.7 Å². The van der Waals surface area contributed by atoms with Crippen LogP contribution >= 0.6 is 0 Å². The highest BCUT2D eigenvalue weighted by Crippen LogP contribution is 2.17. The molecule has 0 aliphatic rings. The van der Waals surface area contributed by atoms with E-state index < -0.39 is 5.97 Å². The van der Waals surface area contributed by atoms with E-state index in [1.54, 1.807) is 31.2 Å². The van der Waals surface area contributed by atoms with Crippen molar-refractivity contribution in [1.82, 2.24) is 0 Å². The van der Waals surface area contributed by atoms with Crippen LogP contribution in [0, 0.1) is 6.92 Å². The van der Waals surface area contributed by atoms with Gasteiger partial charge in [0, 0.05) is 5.57 Å². The molecule has 0 radical (unpaired) electrons. The molecule has 4 nitrogen and oxygen atoms in total. The highest BCUT2D eigenvalue weighted by atomic mass is 16.4. The summed E-state index contributed by atoms with van der Waals surface area (Å²) < 4.78 is 0. The Labute approximate surface area is 129 Å². The Morgan fingerprint density at radius 3 is 2.50 bits per heavy atom. The first-order chi connectivity index (χ1) is 10.5. The van der Waals surface area contributed by atoms with E-state index in [0.29, 0.717) is 5.57 Å². The van der Waals surface area contributed by atoms with Crippen LogP contribution in [0.25, 0.3) is 6.08 Å². The molecule has 22 heavy (non-hydrogen) atoms. The molecular formula is C18H17NO3. The van der Waals surface area contributed by atoms with Gasteiger partial charge in [0.15, 0.2) is 0 Å². The van der Waals surface area contributed by atoms with Gasteiger partial charge in [0.1, 0.15) is 0 Å². The number of amides is 1. The number of benzene rings is 2. The average molecular weight is 295 g/mol. The highest BCUT2D eigenvalue weighted by Gasteiger charge is 2.12. The van der Waals surface area contributed by atoms with Crippen LogP contribution in [-0.2, 0) is 4.79 Å². The lowest BCUT2D eigenvalue weighted by atomic mass is 10.1. The summed E-state index contributed by atoms with van der Waals surface area (Å²) in [5, 5.41) is 11.8. The molecule has 0 fully saturated rings. The molecule has 0 spiro atoms. The molecule has 0 aliphatic carbocycles. The van der Waals surface area contributed by atoms with Crippen LogP contribution in [0.15, 0.2) is 54.1 Å². The largest absolute Gasteiger partial charge is 0.478 e. The lowest BCUT2D eigenvalue weighted by molar-refractivity contribution is -0.112. The molecule has 0 atom stereocenters. The third kappa shape index (κ3) is 3.82. The molecule has 0 saturated carbocycles. The van der Waals surface area contributed by atoms with Gasteiger partial charge in [-0.3, -0.25) is 4.79 Å². The number of carboxylic acids is 1. The number of carbonyl (C=O) groups is 2. The summed E-state index contributed by atoms with van der Waals surface area (Å²) >= 11 is 0. The lowest BCUT2D eigenvalue weighted by Gasteiger charge is -2.08. The van der Waals surface area contributed by atoms with Crippen LogP contribution in [0.2, 0.25) is 0 Å². The summed E-state index contributed by atoms with van der Waals surface area (Å²) in [4.78, 5) is 23.3. The monoisotopic (exact) mass is 295 g/mol. The summed E-state index contributed by atoms with van der Waals surface area (Å²) in [7, 11) is 0. The van der Waals surface area contributed by atoms with Gasteiger partial charge in [0.25, 0.3) is 5.91 Å². The quantitative estimate of drug-likeness (QED) is 0.844. The fourth-order valence-electron chi connectivity index (χ4n) is 2.07. The standard InChI is InChI=1S/C18H17NO3/c1-12-6-5-7-14(10-12)11-13(2)17(20)19-16-9-4-3-8-15(16)18(21)22/h3-11H,1-2H3,(H,19,20)(H,21,22)/b13-11+. The lowest BCUT2D eigenvalue weighted by Crippen LogP contribution is -2.15. The van der Waals surface area contributed by atoms with Gasteiger partial charge in [-0.2, -0.15) is 0 Å². The van der Waals surface area contributed by atoms with E-state index >= 15 is 0 Å². The third-order valence-corrected chi connectivity index (χ3v) is 3.19. The van der Waals surface area contributed by atoms with E-state index in [4.69, 9.17) is 5.11 Å². The van der Waals surface area contributed by atoms with Gasteiger partial charge in [-0.1, -0.05) is 42.0 Å². The van der Waals surface area contributed by atoms with Crippen molar-refractivity contribution in [3.8, 4) is 0 Å². The minimum atomic E-state index is -1.07. The molecular weight excluding hydrogens is 278 g/mol. The van der Waals surface area contributed by atoms with Gasteiger partial charge < -0.3 is 10.4 Å². The molecule has 0 aliphatic heterocycles. The fourth-order valence-corrected chi connectivity index (χ4v) is 2.07. The van der Waals surface area contributed by atoms with Gasteiger partial charge in [0.2, 0.25) is 0 Å². The zero-order valence-electron chi connectivity index (χ0n) is 12.5. The molecule has 0 heterocycles. The average Bonchev–Trinajstić information content (AvgIpc) is 2.47. The van der Waals surface area contributed by atoms with Crippen LogP contribution in [0.1, 0.15) is 28.4 Å². The number of aryl methyl sites for hydroxylation is 1. The molecule has 0 bridgehead atoms. The molecule has 0 saturated heterocycles. The van der Waals surface area contributed by atoms with Crippen molar-refractivity contribution in [3.63, 3.8) is 0 Å². The summed E-state index contributed by atoms with van der Waals surface area (Å²) in [6, 6.07) is 14.1. The predicted octanol–water partition coefficient (Wildman–Crippen LogP) is 3.74. The van der Waals surface area contributed by atoms with Crippen molar-refractivity contribution in [2.45, 2.75) is 13.8 Å². The smallest absolute Gasteiger partial charge is 0.337 e. The zero-order valence-corrected chi connectivity index (χ0v) is 12.5. The summed E-state index contributed by atoms with van der Waals surface area (Å²) in [6.07, 6.45) is 1.77. The van der Waals surface area contributed by atoms with Gasteiger partial charge >= 0.3 is 5.97 Å². The fraction of sp³-hybridized carbons (Fsp3) is 0.111. The van der Waals surface area contributed by atoms with E-state index in [1.807, 2.05) is 31.2 Å². The first-order valence-electron chi connectivity index (χ1n) is 6.86. The first kappa shape index (κ1) is 15.5. The molecule has 1 amide bonds. The van der Waals surface area contributed by atoms with Gasteiger partial charge in [-0.15, -0.1) is 0 Å². The Morgan fingerprint density at radius 1 is 1.09 bits per heavy atom. The molecule has 4 heteroatoms. The van der Waals surface area contributed by atoms with E-state index in [9.17, 15) is 9.59 Å². The number of hydrogen-bond acceptors (Lipinski definition) is 2. The van der Waals surface area contributed by atoms with Crippen molar-refractivity contribution in [2.75, 3.05) is 5.32 Å². The Hall–Kier alpha value is -2.88. The Kier molecular flexibility index (Phi) is 4.73. The molecule has 2 N–H and O–H groups in total. The number of carboxylic acid groups (broad SMARTS) is 1. The van der Waals surface area contributed by atoms with Crippen LogP contribution < -0.4 is 5.32 Å². The minimum absolute atomic E-state index is 0.0687. The first-order valence-corrected chi connectivity index (χ1v) is 6.86. The highest BCUT2D eigenvalue weighted by molar-refractivity contribution is 6.09. The number of rotatable bonds is 4. The zero-order chi connectivity index (χ0) is 16.1. The SMILES string of the molecule is C/C(=C\c1cccc(C)c1)C(=O)Nc1ccccc1C(=O)O. The van der Waals surface area contributed by atoms with E-state index in [0.717, 1.165) is 11.1 Å². The molecule has 112 valence electrons. The molecule has 2 aromatic carbocycles. The number of anilines is 1. The van der Waals surface area contributed by atoms with E-state index in [1.165, 1.54) is 6.07 Å².